The zero-order valence-electron chi connectivity index (χ0n) is 13.6. The third kappa shape index (κ3) is 7.01. The van der Waals surface area contributed by atoms with Crippen molar-refractivity contribution in [1.82, 2.24) is 0 Å². The smallest absolute Gasteiger partial charge is 0.324 e. The lowest BCUT2D eigenvalue weighted by atomic mass is 9.96. The Hall–Kier alpha value is -1.45. The molecule has 0 amide bonds. The van der Waals surface area contributed by atoms with Gasteiger partial charge in [-0.05, 0) is 25.7 Å². The van der Waals surface area contributed by atoms with E-state index in [9.17, 15) is 14.4 Å². The van der Waals surface area contributed by atoms with Crippen LogP contribution in [0.15, 0.2) is 12.2 Å². The largest absolute Gasteiger partial charge is 0.457 e. The van der Waals surface area contributed by atoms with Gasteiger partial charge in [-0.15, -0.1) is 0 Å². The van der Waals surface area contributed by atoms with Crippen LogP contribution in [0, 0.1) is 5.92 Å². The van der Waals surface area contributed by atoms with Crippen LogP contribution < -0.4 is 0 Å². The van der Waals surface area contributed by atoms with E-state index in [-0.39, 0.29) is 18.2 Å². The zero-order valence-corrected chi connectivity index (χ0v) is 13.6. The third-order valence-electron chi connectivity index (χ3n) is 3.92. The van der Waals surface area contributed by atoms with E-state index in [1.807, 2.05) is 0 Å². The van der Waals surface area contributed by atoms with E-state index in [1.165, 1.54) is 25.7 Å². The molecule has 0 spiro atoms. The summed E-state index contributed by atoms with van der Waals surface area (Å²) in [6, 6.07) is 0. The van der Waals surface area contributed by atoms with E-state index in [1.54, 1.807) is 0 Å². The van der Waals surface area contributed by atoms with Gasteiger partial charge >= 0.3 is 5.97 Å². The van der Waals surface area contributed by atoms with Gasteiger partial charge in [-0.3, -0.25) is 14.4 Å². The van der Waals surface area contributed by atoms with Gasteiger partial charge in [0.15, 0.2) is 24.1 Å². The first-order valence-electron chi connectivity index (χ1n) is 8.54. The molecular weight excluding hydrogens is 280 g/mol. The molecule has 0 aliphatic carbocycles. The van der Waals surface area contributed by atoms with Crippen molar-refractivity contribution in [2.24, 2.45) is 5.92 Å². The summed E-state index contributed by atoms with van der Waals surface area (Å²) >= 11 is 0. The Morgan fingerprint density at radius 3 is 2.32 bits per heavy atom. The highest BCUT2D eigenvalue weighted by molar-refractivity contribution is 6.20. The highest BCUT2D eigenvalue weighted by atomic mass is 16.5. The second-order valence-electron chi connectivity index (χ2n) is 5.89. The molecule has 0 saturated carbocycles. The first-order chi connectivity index (χ1) is 10.7. The van der Waals surface area contributed by atoms with Crippen LogP contribution in [-0.4, -0.2) is 24.1 Å². The summed E-state index contributed by atoms with van der Waals surface area (Å²) in [5, 5.41) is 0. The number of Topliss-reactive ketones (excluding diaryl/α,β-unsaturated/α-hetero) is 2. The van der Waals surface area contributed by atoms with Gasteiger partial charge in [0.25, 0.3) is 0 Å². The summed E-state index contributed by atoms with van der Waals surface area (Å²) in [5.41, 5.74) is 0. The Kier molecular flexibility index (Phi) is 9.44. The number of carbonyl (C=O) groups is 3. The first-order valence-corrected chi connectivity index (χ1v) is 8.54. The number of unbranched alkanes of at least 4 members (excludes halogenated alkanes) is 7. The monoisotopic (exact) mass is 308 g/mol. The van der Waals surface area contributed by atoms with Gasteiger partial charge in [0, 0.05) is 6.42 Å². The van der Waals surface area contributed by atoms with Crippen molar-refractivity contribution in [3.63, 3.8) is 0 Å². The van der Waals surface area contributed by atoms with Crippen LogP contribution in [0.25, 0.3) is 0 Å². The van der Waals surface area contributed by atoms with Crippen LogP contribution in [0.2, 0.25) is 0 Å². The fourth-order valence-corrected chi connectivity index (χ4v) is 2.55. The zero-order chi connectivity index (χ0) is 16.2. The molecule has 1 saturated heterocycles. The standard InChI is InChI=1S/C18H28O4/c1-2-3-4-5-6-7-8-9-10-11-12-13-15(19)17-16(20)14-22-18(17)21/h5-6,17H,2-4,7-14H2,1H3. The van der Waals surface area contributed by atoms with Crippen LogP contribution in [-0.2, 0) is 19.1 Å². The Morgan fingerprint density at radius 1 is 1.05 bits per heavy atom. The van der Waals surface area contributed by atoms with Gasteiger partial charge in [-0.25, -0.2) is 0 Å². The minimum absolute atomic E-state index is 0.235. The van der Waals surface area contributed by atoms with Gasteiger partial charge in [-0.2, -0.15) is 0 Å². The van der Waals surface area contributed by atoms with Crippen molar-refractivity contribution in [1.29, 1.82) is 0 Å². The van der Waals surface area contributed by atoms with E-state index in [0.717, 1.165) is 32.1 Å². The molecule has 0 radical (unpaired) electrons. The molecule has 1 rings (SSSR count). The van der Waals surface area contributed by atoms with Crippen LogP contribution in [0.5, 0.6) is 0 Å². The quantitative estimate of drug-likeness (QED) is 0.238. The van der Waals surface area contributed by atoms with Gasteiger partial charge in [0.05, 0.1) is 0 Å². The van der Waals surface area contributed by atoms with Crippen molar-refractivity contribution in [3.8, 4) is 0 Å². The predicted octanol–water partition coefficient (Wildman–Crippen LogP) is 3.77. The molecule has 1 heterocycles. The Bertz CT molecular complexity index is 382. The molecule has 1 atom stereocenters. The number of rotatable bonds is 12. The number of hydrogen-bond acceptors (Lipinski definition) is 4. The molecule has 1 aliphatic heterocycles. The maximum absolute atomic E-state index is 11.8. The molecule has 124 valence electrons. The maximum atomic E-state index is 11.8. The summed E-state index contributed by atoms with van der Waals surface area (Å²) in [7, 11) is 0. The maximum Gasteiger partial charge on any atom is 0.324 e. The van der Waals surface area contributed by atoms with Gasteiger partial charge in [-0.1, -0.05) is 51.2 Å². The normalized spacial score (nSPS) is 18.1. The number of cyclic esters (lactones) is 1. The van der Waals surface area contributed by atoms with Crippen molar-refractivity contribution in [2.45, 2.75) is 71.1 Å². The topological polar surface area (TPSA) is 60.4 Å². The number of esters is 1. The van der Waals surface area contributed by atoms with Crippen LogP contribution in [0.1, 0.15) is 71.1 Å². The SMILES string of the molecule is CCCCC=CCCCCCCCC(=O)C1C(=O)COC1=O. The molecule has 0 N–H and O–H groups in total. The van der Waals surface area contributed by atoms with Crippen molar-refractivity contribution < 1.29 is 19.1 Å². The molecule has 1 fully saturated rings. The molecule has 0 aromatic carbocycles. The average molecular weight is 308 g/mol. The van der Waals surface area contributed by atoms with Gasteiger partial charge in [0.2, 0.25) is 0 Å². The minimum Gasteiger partial charge on any atom is -0.457 e. The molecule has 4 heteroatoms. The summed E-state index contributed by atoms with van der Waals surface area (Å²) in [5.74, 6) is -2.45. The summed E-state index contributed by atoms with van der Waals surface area (Å²) < 4.78 is 4.59. The van der Waals surface area contributed by atoms with Crippen molar-refractivity contribution >= 4 is 17.5 Å². The highest BCUT2D eigenvalue weighted by Gasteiger charge is 2.40. The summed E-state index contributed by atoms with van der Waals surface area (Å²) in [4.78, 5) is 34.4. The van der Waals surface area contributed by atoms with Gasteiger partial charge in [0.1, 0.15) is 0 Å². The van der Waals surface area contributed by atoms with Crippen molar-refractivity contribution in [3.05, 3.63) is 12.2 Å². The van der Waals surface area contributed by atoms with Crippen LogP contribution in [0.3, 0.4) is 0 Å². The molecule has 0 bridgehead atoms. The number of carbonyl (C=O) groups excluding carboxylic acids is 3. The molecular formula is C18H28O4. The third-order valence-corrected chi connectivity index (χ3v) is 3.92. The minimum atomic E-state index is -1.13. The number of ether oxygens (including phenoxy) is 1. The van der Waals surface area contributed by atoms with Crippen LogP contribution >= 0.6 is 0 Å². The second kappa shape index (κ2) is 11.2. The van der Waals surface area contributed by atoms with E-state index < -0.39 is 11.9 Å². The lowest BCUT2D eigenvalue weighted by Crippen LogP contribution is -2.25. The number of allylic oxidation sites excluding steroid dienone is 2. The molecule has 22 heavy (non-hydrogen) atoms. The van der Waals surface area contributed by atoms with Gasteiger partial charge < -0.3 is 4.74 Å². The predicted molar refractivity (Wildman–Crippen MR) is 85.4 cm³/mol. The average Bonchev–Trinajstić information content (AvgIpc) is 2.83. The van der Waals surface area contributed by atoms with E-state index in [4.69, 9.17) is 0 Å². The molecule has 0 aromatic rings. The summed E-state index contributed by atoms with van der Waals surface area (Å²) in [6.45, 7) is 1.96. The number of hydrogen-bond donors (Lipinski definition) is 0. The number of ketones is 2. The highest BCUT2D eigenvalue weighted by Crippen LogP contribution is 2.16. The van der Waals surface area contributed by atoms with E-state index in [2.05, 4.69) is 23.8 Å². The fraction of sp³-hybridized carbons (Fsp3) is 0.722. The first kappa shape index (κ1) is 18.6. The Morgan fingerprint density at radius 2 is 1.68 bits per heavy atom. The molecule has 1 unspecified atom stereocenters. The lowest BCUT2D eigenvalue weighted by Gasteiger charge is -2.03. The van der Waals surface area contributed by atoms with E-state index in [0.29, 0.717) is 6.42 Å². The summed E-state index contributed by atoms with van der Waals surface area (Å²) in [6.07, 6.45) is 14.8. The Balaban J connectivity index is 1.97. The molecule has 4 nitrogen and oxygen atoms in total. The van der Waals surface area contributed by atoms with E-state index >= 15 is 0 Å². The van der Waals surface area contributed by atoms with Crippen molar-refractivity contribution in [2.75, 3.05) is 6.61 Å². The fourth-order valence-electron chi connectivity index (χ4n) is 2.55. The molecule has 0 aromatic heterocycles. The molecule has 1 aliphatic rings. The second-order valence-corrected chi connectivity index (χ2v) is 5.89. The lowest BCUT2D eigenvalue weighted by molar-refractivity contribution is -0.144. The van der Waals surface area contributed by atoms with Crippen LogP contribution in [0.4, 0.5) is 0 Å². The Labute approximate surface area is 133 Å².